The molecule has 0 saturated carbocycles. The molecule has 4 nitrogen and oxygen atoms in total. The van der Waals surface area contributed by atoms with E-state index in [0.29, 0.717) is 0 Å². The molecule has 21 heavy (non-hydrogen) atoms. The van der Waals surface area contributed by atoms with Crippen LogP contribution in [-0.4, -0.2) is 39.3 Å². The van der Waals surface area contributed by atoms with Crippen LogP contribution in [0.2, 0.25) is 0 Å². The van der Waals surface area contributed by atoms with Gasteiger partial charge in [-0.15, -0.1) is 0 Å². The lowest BCUT2D eigenvalue weighted by atomic mass is 9.76. The largest absolute Gasteiger partial charge is 0.384 e. The van der Waals surface area contributed by atoms with Crippen molar-refractivity contribution in [1.29, 1.82) is 0 Å². The van der Waals surface area contributed by atoms with Crippen LogP contribution < -0.4 is 10.6 Å². The van der Waals surface area contributed by atoms with Gasteiger partial charge in [0.05, 0.1) is 12.5 Å². The first kappa shape index (κ1) is 14.5. The molecule has 0 spiro atoms. The average Bonchev–Trinajstić information content (AvgIpc) is 2.48. The smallest absolute Gasteiger partial charge is 0.227 e. The van der Waals surface area contributed by atoms with E-state index in [4.69, 9.17) is 4.74 Å². The van der Waals surface area contributed by atoms with Crippen molar-refractivity contribution in [2.45, 2.75) is 25.2 Å². The third-order valence-electron chi connectivity index (χ3n) is 4.92. The van der Waals surface area contributed by atoms with Crippen molar-refractivity contribution in [1.82, 2.24) is 10.6 Å². The second-order valence-electron chi connectivity index (χ2n) is 6.36. The van der Waals surface area contributed by atoms with Crippen molar-refractivity contribution in [3.8, 4) is 0 Å². The van der Waals surface area contributed by atoms with Crippen LogP contribution >= 0.6 is 0 Å². The van der Waals surface area contributed by atoms with Gasteiger partial charge in [-0.1, -0.05) is 24.3 Å². The maximum absolute atomic E-state index is 12.4. The third kappa shape index (κ3) is 2.97. The Bertz CT molecular complexity index is 504. The maximum atomic E-state index is 12.4. The van der Waals surface area contributed by atoms with E-state index in [1.165, 1.54) is 11.1 Å². The van der Waals surface area contributed by atoms with Crippen LogP contribution in [0.25, 0.3) is 0 Å². The Labute approximate surface area is 126 Å². The molecule has 1 aromatic rings. The highest BCUT2D eigenvalue weighted by Gasteiger charge is 2.35. The molecular weight excluding hydrogens is 264 g/mol. The predicted octanol–water partition coefficient (Wildman–Crippen LogP) is 1.46. The van der Waals surface area contributed by atoms with Crippen molar-refractivity contribution in [2.24, 2.45) is 5.41 Å². The third-order valence-corrected chi connectivity index (χ3v) is 4.92. The number of carbonyl (C=O) groups excluding carboxylic acids is 1. The lowest BCUT2D eigenvalue weighted by molar-refractivity contribution is -0.124. The molecule has 1 fully saturated rings. The SMILES string of the molecule is COCC1(CNC(=O)C2Cc3ccccc32)CCNCC1. The summed E-state index contributed by atoms with van der Waals surface area (Å²) in [5.41, 5.74) is 2.60. The lowest BCUT2D eigenvalue weighted by Crippen LogP contribution is -2.48. The summed E-state index contributed by atoms with van der Waals surface area (Å²) in [6.45, 7) is 3.45. The molecule has 3 rings (SSSR count). The standard InChI is InChI=1S/C17H24N2O2/c1-21-12-17(6-8-18-9-7-17)11-19-16(20)15-10-13-4-2-3-5-14(13)15/h2-5,15,18H,6-12H2,1H3,(H,19,20). The van der Waals surface area contributed by atoms with Gasteiger partial charge in [0.1, 0.15) is 0 Å². The molecule has 114 valence electrons. The molecule has 2 aliphatic rings. The number of benzene rings is 1. The van der Waals surface area contributed by atoms with Crippen LogP contribution in [0.5, 0.6) is 0 Å². The molecule has 0 bridgehead atoms. The number of amides is 1. The number of ether oxygens (including phenoxy) is 1. The van der Waals surface area contributed by atoms with E-state index in [0.717, 1.165) is 45.5 Å². The zero-order chi connectivity index (χ0) is 14.7. The number of methoxy groups -OCH3 is 1. The molecule has 0 aromatic heterocycles. The first-order chi connectivity index (χ1) is 10.2. The second kappa shape index (κ2) is 6.16. The van der Waals surface area contributed by atoms with Gasteiger partial charge in [-0.3, -0.25) is 4.79 Å². The monoisotopic (exact) mass is 288 g/mol. The van der Waals surface area contributed by atoms with E-state index in [1.807, 2.05) is 12.1 Å². The topological polar surface area (TPSA) is 50.4 Å². The van der Waals surface area contributed by atoms with Crippen molar-refractivity contribution in [2.75, 3.05) is 33.4 Å². The number of carbonyl (C=O) groups is 1. The minimum Gasteiger partial charge on any atom is -0.384 e. The Morgan fingerprint density at radius 1 is 1.38 bits per heavy atom. The molecule has 1 aliphatic carbocycles. The molecular formula is C17H24N2O2. The number of fused-ring (bicyclic) bond motifs is 1. The van der Waals surface area contributed by atoms with Crippen molar-refractivity contribution < 1.29 is 9.53 Å². The minimum atomic E-state index is 0.0440. The van der Waals surface area contributed by atoms with E-state index in [-0.39, 0.29) is 17.2 Å². The van der Waals surface area contributed by atoms with Crippen LogP contribution in [0.4, 0.5) is 0 Å². The van der Waals surface area contributed by atoms with Gasteiger partial charge >= 0.3 is 0 Å². The molecule has 0 radical (unpaired) electrons. The Hall–Kier alpha value is -1.39. The number of rotatable bonds is 5. The molecule has 1 aliphatic heterocycles. The van der Waals surface area contributed by atoms with E-state index in [9.17, 15) is 4.79 Å². The maximum Gasteiger partial charge on any atom is 0.227 e. The molecule has 2 N–H and O–H groups in total. The van der Waals surface area contributed by atoms with Gasteiger partial charge in [0.25, 0.3) is 0 Å². The van der Waals surface area contributed by atoms with Crippen LogP contribution in [0.15, 0.2) is 24.3 Å². The summed E-state index contributed by atoms with van der Waals surface area (Å²) in [7, 11) is 1.74. The van der Waals surface area contributed by atoms with E-state index >= 15 is 0 Å². The highest BCUT2D eigenvalue weighted by molar-refractivity contribution is 5.86. The van der Waals surface area contributed by atoms with Crippen LogP contribution in [0.3, 0.4) is 0 Å². The van der Waals surface area contributed by atoms with Gasteiger partial charge in [-0.25, -0.2) is 0 Å². The van der Waals surface area contributed by atoms with Gasteiger partial charge in [-0.2, -0.15) is 0 Å². The van der Waals surface area contributed by atoms with Gasteiger partial charge < -0.3 is 15.4 Å². The molecule has 1 unspecified atom stereocenters. The Balaban J connectivity index is 1.58. The fourth-order valence-corrected chi connectivity index (χ4v) is 3.53. The molecule has 1 heterocycles. The fraction of sp³-hybridized carbons (Fsp3) is 0.588. The number of hydrogen-bond donors (Lipinski definition) is 2. The summed E-state index contributed by atoms with van der Waals surface area (Å²) in [5.74, 6) is 0.213. The van der Waals surface area contributed by atoms with Gasteiger partial charge in [-0.05, 0) is 43.5 Å². The summed E-state index contributed by atoms with van der Waals surface area (Å²) >= 11 is 0. The molecule has 4 heteroatoms. The van der Waals surface area contributed by atoms with Gasteiger partial charge in [0, 0.05) is 19.1 Å². The number of hydrogen-bond acceptors (Lipinski definition) is 3. The van der Waals surface area contributed by atoms with Crippen molar-refractivity contribution >= 4 is 5.91 Å². The molecule has 1 aromatic carbocycles. The Kier molecular flexibility index (Phi) is 4.27. The fourth-order valence-electron chi connectivity index (χ4n) is 3.53. The zero-order valence-corrected chi connectivity index (χ0v) is 12.7. The summed E-state index contributed by atoms with van der Waals surface area (Å²) in [6, 6.07) is 8.23. The van der Waals surface area contributed by atoms with Gasteiger partial charge in [0.2, 0.25) is 5.91 Å². The van der Waals surface area contributed by atoms with Crippen LogP contribution in [0.1, 0.15) is 29.9 Å². The molecule has 1 saturated heterocycles. The first-order valence-electron chi connectivity index (χ1n) is 7.79. The lowest BCUT2D eigenvalue weighted by Gasteiger charge is -2.38. The molecule has 1 amide bonds. The Morgan fingerprint density at radius 3 is 2.86 bits per heavy atom. The summed E-state index contributed by atoms with van der Waals surface area (Å²) in [4.78, 5) is 12.4. The highest BCUT2D eigenvalue weighted by Crippen LogP contribution is 2.35. The van der Waals surface area contributed by atoms with Crippen molar-refractivity contribution in [3.05, 3.63) is 35.4 Å². The molecule has 1 atom stereocenters. The van der Waals surface area contributed by atoms with E-state index in [2.05, 4.69) is 22.8 Å². The van der Waals surface area contributed by atoms with E-state index in [1.54, 1.807) is 7.11 Å². The first-order valence-corrected chi connectivity index (χ1v) is 7.79. The van der Waals surface area contributed by atoms with Crippen LogP contribution in [0, 0.1) is 5.41 Å². The summed E-state index contributed by atoms with van der Waals surface area (Å²) in [5, 5.41) is 6.55. The second-order valence-corrected chi connectivity index (χ2v) is 6.36. The van der Waals surface area contributed by atoms with Crippen molar-refractivity contribution in [3.63, 3.8) is 0 Å². The highest BCUT2D eigenvalue weighted by atomic mass is 16.5. The minimum absolute atomic E-state index is 0.0440. The van der Waals surface area contributed by atoms with Crippen LogP contribution in [-0.2, 0) is 16.0 Å². The predicted molar refractivity (Wildman–Crippen MR) is 82.3 cm³/mol. The summed E-state index contributed by atoms with van der Waals surface area (Å²) in [6.07, 6.45) is 2.99. The summed E-state index contributed by atoms with van der Waals surface area (Å²) < 4.78 is 5.39. The average molecular weight is 288 g/mol. The Morgan fingerprint density at radius 2 is 2.14 bits per heavy atom. The van der Waals surface area contributed by atoms with E-state index < -0.39 is 0 Å². The number of nitrogens with one attached hydrogen (secondary N) is 2. The zero-order valence-electron chi connectivity index (χ0n) is 12.7. The quantitative estimate of drug-likeness (QED) is 0.862. The van der Waals surface area contributed by atoms with Gasteiger partial charge in [0.15, 0.2) is 0 Å². The number of piperidine rings is 1. The normalized spacial score (nSPS) is 23.0.